The molecule has 2 aliphatic rings. The van der Waals surface area contributed by atoms with E-state index in [2.05, 4.69) is 42.0 Å². The number of carbonyl (C=O) groups is 2. The highest BCUT2D eigenvalue weighted by Gasteiger charge is 2.36. The number of ether oxygens (including phenoxy) is 1. The molecule has 4 aromatic rings. The highest BCUT2D eigenvalue weighted by molar-refractivity contribution is 6.04. The van der Waals surface area contributed by atoms with Crippen LogP contribution in [0.25, 0.3) is 17.0 Å². The molecule has 0 bridgehead atoms. The van der Waals surface area contributed by atoms with Crippen molar-refractivity contribution >= 4 is 29.0 Å². The minimum absolute atomic E-state index is 0.0806. The van der Waals surface area contributed by atoms with Crippen molar-refractivity contribution in [3.05, 3.63) is 59.4 Å². The standard InChI is InChI=1S/C27H28F2N8O4/c1-15-19(28)10-18(24-32-26(41-33-24)16-12-36(13-16)27(39)40-3)22(29)23(15)31-25(38)20-11-30-21-5-4-17(14-37(20)21)35-8-6-34(2)7-9-35/h4-5,10-11,14,16H,6-9,12-13H2,1-3H3,(H,31,38). The van der Waals surface area contributed by atoms with Crippen molar-refractivity contribution in [1.29, 1.82) is 0 Å². The number of nitrogens with zero attached hydrogens (tertiary/aromatic N) is 7. The summed E-state index contributed by atoms with van der Waals surface area (Å²) in [5, 5.41) is 6.35. The van der Waals surface area contributed by atoms with E-state index in [0.29, 0.717) is 18.7 Å². The first kappa shape index (κ1) is 26.6. The van der Waals surface area contributed by atoms with Crippen molar-refractivity contribution in [2.45, 2.75) is 12.8 Å². The normalized spacial score (nSPS) is 16.2. The van der Waals surface area contributed by atoms with Gasteiger partial charge in [-0.1, -0.05) is 5.16 Å². The Morgan fingerprint density at radius 2 is 1.90 bits per heavy atom. The Morgan fingerprint density at radius 3 is 2.63 bits per heavy atom. The summed E-state index contributed by atoms with van der Waals surface area (Å²) in [4.78, 5) is 39.4. The van der Waals surface area contributed by atoms with E-state index in [1.165, 1.54) is 25.1 Å². The first-order valence-electron chi connectivity index (χ1n) is 13.1. The Kier molecular flexibility index (Phi) is 6.77. The fourth-order valence-electron chi connectivity index (χ4n) is 5.02. The van der Waals surface area contributed by atoms with Crippen LogP contribution in [0.3, 0.4) is 0 Å². The zero-order valence-corrected chi connectivity index (χ0v) is 22.7. The molecule has 41 heavy (non-hydrogen) atoms. The molecule has 5 heterocycles. The lowest BCUT2D eigenvalue weighted by Crippen LogP contribution is -2.48. The highest BCUT2D eigenvalue weighted by Crippen LogP contribution is 2.33. The maximum atomic E-state index is 15.8. The molecule has 0 unspecified atom stereocenters. The van der Waals surface area contributed by atoms with Gasteiger partial charge >= 0.3 is 6.09 Å². The van der Waals surface area contributed by atoms with Crippen LogP contribution in [-0.4, -0.2) is 94.8 Å². The van der Waals surface area contributed by atoms with E-state index in [4.69, 9.17) is 4.52 Å². The fraction of sp³-hybridized carbons (Fsp3) is 0.370. The van der Waals surface area contributed by atoms with E-state index in [9.17, 15) is 14.0 Å². The predicted molar refractivity (Wildman–Crippen MR) is 144 cm³/mol. The highest BCUT2D eigenvalue weighted by atomic mass is 19.1. The van der Waals surface area contributed by atoms with Gasteiger partial charge in [-0.3, -0.25) is 9.20 Å². The second-order valence-corrected chi connectivity index (χ2v) is 10.3. The average Bonchev–Trinajstić information content (AvgIpc) is 3.60. The summed E-state index contributed by atoms with van der Waals surface area (Å²) in [5.74, 6) is -2.54. The van der Waals surface area contributed by atoms with E-state index in [-0.39, 0.29) is 40.1 Å². The minimum atomic E-state index is -0.902. The number of likely N-dealkylation sites (N-methyl/N-ethyl adjacent to an activating group) is 1. The number of hydrogen-bond acceptors (Lipinski definition) is 9. The lowest BCUT2D eigenvalue weighted by Gasteiger charge is -2.35. The van der Waals surface area contributed by atoms with E-state index in [1.807, 2.05) is 18.3 Å². The molecule has 2 fully saturated rings. The Morgan fingerprint density at radius 1 is 1.15 bits per heavy atom. The first-order valence-corrected chi connectivity index (χ1v) is 13.1. The van der Waals surface area contributed by atoms with Gasteiger partial charge in [-0.25, -0.2) is 18.6 Å². The summed E-state index contributed by atoms with van der Waals surface area (Å²) in [7, 11) is 3.36. The van der Waals surface area contributed by atoms with Crippen molar-refractivity contribution in [2.75, 3.05) is 63.6 Å². The summed E-state index contributed by atoms with van der Waals surface area (Å²) < 4.78 is 42.3. The molecule has 0 atom stereocenters. The average molecular weight is 567 g/mol. The summed E-state index contributed by atoms with van der Waals surface area (Å²) in [6, 6.07) is 4.73. The first-order chi connectivity index (χ1) is 19.7. The summed E-state index contributed by atoms with van der Waals surface area (Å²) >= 11 is 0. The van der Waals surface area contributed by atoms with Gasteiger partial charge < -0.3 is 29.3 Å². The molecular formula is C27H28F2N8O4. The van der Waals surface area contributed by atoms with Crippen molar-refractivity contribution in [2.24, 2.45) is 0 Å². The number of methoxy groups -OCH3 is 1. The number of halogens is 2. The van der Waals surface area contributed by atoms with E-state index in [0.717, 1.165) is 37.9 Å². The zero-order chi connectivity index (χ0) is 28.8. The number of anilines is 2. The lowest BCUT2D eigenvalue weighted by molar-refractivity contribution is 0.0804. The van der Waals surface area contributed by atoms with Crippen molar-refractivity contribution in [1.82, 2.24) is 29.3 Å². The number of benzene rings is 1. The molecule has 6 rings (SSSR count). The molecule has 0 saturated carbocycles. The van der Waals surface area contributed by atoms with Gasteiger partial charge in [0.15, 0.2) is 5.82 Å². The van der Waals surface area contributed by atoms with Gasteiger partial charge in [0.1, 0.15) is 17.2 Å². The predicted octanol–water partition coefficient (Wildman–Crippen LogP) is 3.14. The molecular weight excluding hydrogens is 538 g/mol. The van der Waals surface area contributed by atoms with Crippen LogP contribution in [0.1, 0.15) is 27.9 Å². The summed E-state index contributed by atoms with van der Waals surface area (Å²) in [6.07, 6.45) is 2.74. The van der Waals surface area contributed by atoms with Crippen LogP contribution in [0.4, 0.5) is 25.0 Å². The zero-order valence-electron chi connectivity index (χ0n) is 22.7. The number of imidazole rings is 1. The van der Waals surface area contributed by atoms with Crippen LogP contribution in [0.15, 0.2) is 35.1 Å². The largest absolute Gasteiger partial charge is 0.453 e. The monoisotopic (exact) mass is 566 g/mol. The third-order valence-corrected chi connectivity index (χ3v) is 7.64. The van der Waals surface area contributed by atoms with Crippen molar-refractivity contribution in [3.63, 3.8) is 0 Å². The van der Waals surface area contributed by atoms with E-state index < -0.39 is 23.6 Å². The molecule has 0 aliphatic carbocycles. The van der Waals surface area contributed by atoms with Gasteiger partial charge in [-0.15, -0.1) is 0 Å². The van der Waals surface area contributed by atoms with Gasteiger partial charge in [-0.2, -0.15) is 4.98 Å². The SMILES string of the molecule is COC(=O)N1CC(c2nc(-c3cc(F)c(C)c(NC(=O)c4cnc5ccc(N6CCN(C)CC6)cn45)c3F)no2)C1. The quantitative estimate of drug-likeness (QED) is 0.388. The van der Waals surface area contributed by atoms with E-state index >= 15 is 4.39 Å². The number of aromatic nitrogens is 4. The number of nitrogens with one attached hydrogen (secondary N) is 1. The Balaban J connectivity index is 1.25. The number of carbonyl (C=O) groups excluding carboxylic acids is 2. The van der Waals surface area contributed by atoms with Crippen LogP contribution < -0.4 is 10.2 Å². The van der Waals surface area contributed by atoms with Gasteiger partial charge in [0, 0.05) is 51.0 Å². The van der Waals surface area contributed by atoms with Crippen LogP contribution in [0, 0.1) is 18.6 Å². The topological polar surface area (TPSA) is 121 Å². The number of pyridine rings is 1. The number of likely N-dealkylation sites (tertiary alicyclic amines) is 1. The maximum absolute atomic E-state index is 15.8. The summed E-state index contributed by atoms with van der Waals surface area (Å²) in [5.41, 5.74) is 0.971. The van der Waals surface area contributed by atoms with Gasteiger partial charge in [-0.05, 0) is 32.2 Å². The third kappa shape index (κ3) is 4.84. The number of rotatable bonds is 5. The Hall–Kier alpha value is -4.59. The molecule has 2 aliphatic heterocycles. The van der Waals surface area contributed by atoms with Crippen LogP contribution >= 0.6 is 0 Å². The molecule has 214 valence electrons. The molecule has 1 N–H and O–H groups in total. The molecule has 0 radical (unpaired) electrons. The molecule has 2 saturated heterocycles. The lowest BCUT2D eigenvalue weighted by atomic mass is 10.0. The van der Waals surface area contributed by atoms with Gasteiger partial charge in [0.05, 0.1) is 36.2 Å². The Labute approximate surface area is 233 Å². The fourth-order valence-corrected chi connectivity index (χ4v) is 5.02. The van der Waals surface area contributed by atoms with Crippen LogP contribution in [-0.2, 0) is 4.74 Å². The molecule has 14 heteroatoms. The Bertz CT molecular complexity index is 1640. The molecule has 1 aromatic carbocycles. The van der Waals surface area contributed by atoms with Crippen LogP contribution in [0.5, 0.6) is 0 Å². The second kappa shape index (κ2) is 10.4. The van der Waals surface area contributed by atoms with Crippen molar-refractivity contribution < 1.29 is 27.6 Å². The second-order valence-electron chi connectivity index (χ2n) is 10.3. The summed E-state index contributed by atoms with van der Waals surface area (Å²) in [6.45, 7) is 5.50. The number of hydrogen-bond donors (Lipinski definition) is 1. The van der Waals surface area contributed by atoms with E-state index in [1.54, 1.807) is 4.40 Å². The van der Waals surface area contributed by atoms with Crippen LogP contribution in [0.2, 0.25) is 0 Å². The molecule has 3 aromatic heterocycles. The third-order valence-electron chi connectivity index (χ3n) is 7.64. The molecule has 0 spiro atoms. The van der Waals surface area contributed by atoms with Crippen molar-refractivity contribution in [3.8, 4) is 11.4 Å². The number of fused-ring (bicyclic) bond motifs is 1. The number of amides is 2. The number of piperazine rings is 1. The van der Waals surface area contributed by atoms with Gasteiger partial charge in [0.2, 0.25) is 11.7 Å². The molecule has 12 nitrogen and oxygen atoms in total. The molecule has 2 amide bonds. The minimum Gasteiger partial charge on any atom is -0.453 e. The smallest absolute Gasteiger partial charge is 0.409 e. The maximum Gasteiger partial charge on any atom is 0.409 e. The van der Waals surface area contributed by atoms with Gasteiger partial charge in [0.25, 0.3) is 5.91 Å².